The molecule has 8 rings (SSSR count). The number of nitrogens with zero attached hydrogens (tertiary/aromatic N) is 6. The van der Waals surface area contributed by atoms with Crippen LogP contribution in [0.1, 0.15) is 106 Å². The molecule has 4 aliphatic rings. The van der Waals surface area contributed by atoms with Gasteiger partial charge >= 0.3 is 10.2 Å². The van der Waals surface area contributed by atoms with Crippen LogP contribution < -0.4 is 0 Å². The first-order valence-corrected chi connectivity index (χ1v) is 19.9. The molecule has 4 aromatic rings. The van der Waals surface area contributed by atoms with Crippen LogP contribution in [0.3, 0.4) is 0 Å². The average Bonchev–Trinajstić information content (AvgIpc) is 4.15. The molecule has 3 atom stereocenters. The van der Waals surface area contributed by atoms with Gasteiger partial charge < -0.3 is 79.8 Å². The molecule has 4 aromatic heterocycles. The van der Waals surface area contributed by atoms with Crippen LogP contribution >= 0.6 is 0 Å². The number of hydrogen-bond acceptors (Lipinski definition) is 14. The van der Waals surface area contributed by atoms with Gasteiger partial charge in [0.25, 0.3) is 0 Å². The molecule has 0 aliphatic carbocycles. The molecule has 66 heavy (non-hydrogen) atoms. The summed E-state index contributed by atoms with van der Waals surface area (Å²) in [6.07, 6.45) is 17.6. The summed E-state index contributed by atoms with van der Waals surface area (Å²) < 4.78 is 18.4. The molecule has 24 nitrogen and oxygen atoms in total. The van der Waals surface area contributed by atoms with E-state index in [1.807, 2.05) is 0 Å². The van der Waals surface area contributed by atoms with E-state index in [0.29, 0.717) is 18.1 Å². The third-order valence-electron chi connectivity index (χ3n) is 8.54. The van der Waals surface area contributed by atoms with Gasteiger partial charge in [0.05, 0.1) is 25.1 Å². The summed E-state index contributed by atoms with van der Waals surface area (Å²) in [5.41, 5.74) is 1.19. The van der Waals surface area contributed by atoms with Crippen molar-refractivity contribution < 1.29 is 170 Å². The van der Waals surface area contributed by atoms with Gasteiger partial charge in [0.1, 0.15) is 9.81 Å². The maximum atomic E-state index is 8.47. The molecule has 0 amide bonds. The first-order valence-electron chi connectivity index (χ1n) is 19.9. The first-order chi connectivity index (χ1) is 30.6. The van der Waals surface area contributed by atoms with Crippen molar-refractivity contribution in [3.8, 4) is 0 Å². The van der Waals surface area contributed by atoms with Gasteiger partial charge in [-0.1, -0.05) is 69.9 Å². The van der Waals surface area contributed by atoms with Gasteiger partial charge in [-0.15, -0.1) is 38.3 Å². The molecule has 3 fully saturated rings. The number of aliphatic hydroxyl groups is 8. The van der Waals surface area contributed by atoms with Crippen molar-refractivity contribution in [3.63, 3.8) is 0 Å². The van der Waals surface area contributed by atoms with Gasteiger partial charge in [0.2, 0.25) is 25.2 Å². The van der Waals surface area contributed by atoms with E-state index in [2.05, 4.69) is 57.2 Å². The molecule has 0 radical (unpaired) electrons. The first kappa shape index (κ1) is 65.1. The van der Waals surface area contributed by atoms with E-state index in [1.165, 1.54) is 113 Å². The van der Waals surface area contributed by atoms with Crippen LogP contribution in [-0.4, -0.2) is 116 Å². The minimum Gasteiger partial charge on any atom is -0.686 e. The SMILES string of the molecule is C1=CC[N-]C(C2CCCC[N-]2)=C1.C1CCC(C2CCCC[N-]2)[N-]C1.O=[N+](O)O.O=[N+](O)O.OC(O)c1ccco1.OC(O)c1ccco1.OC(O)c1ccco1.OC(O)c1ccco1.[Sm].[Sm]. The predicted molar refractivity (Wildman–Crippen MR) is 221 cm³/mol. The third-order valence-corrected chi connectivity index (χ3v) is 8.54. The molecule has 26 heteroatoms. The summed E-state index contributed by atoms with van der Waals surface area (Å²) in [6.45, 7) is 4.06. The maximum absolute atomic E-state index is 8.47. The molecular weight excluding hydrogens is 1150 g/mol. The monoisotopic (exact) mass is 1220 g/mol. The van der Waals surface area contributed by atoms with Crippen LogP contribution in [0.25, 0.3) is 21.3 Å². The Morgan fingerprint density at radius 1 is 0.500 bits per heavy atom. The van der Waals surface area contributed by atoms with Crippen LogP contribution in [0.15, 0.2) is 115 Å². The van der Waals surface area contributed by atoms with E-state index in [4.69, 9.17) is 71.5 Å². The van der Waals surface area contributed by atoms with Gasteiger partial charge in [-0.25, -0.2) is 20.8 Å². The van der Waals surface area contributed by atoms with Crippen molar-refractivity contribution in [2.24, 2.45) is 0 Å². The zero-order chi connectivity index (χ0) is 47.5. The van der Waals surface area contributed by atoms with E-state index in [0.717, 1.165) is 26.2 Å². The van der Waals surface area contributed by atoms with E-state index in [1.54, 1.807) is 24.3 Å². The van der Waals surface area contributed by atoms with Crippen LogP contribution in [0, 0.1) is 90.6 Å². The fourth-order valence-corrected chi connectivity index (χ4v) is 5.69. The van der Waals surface area contributed by atoms with Crippen LogP contribution in [0.5, 0.6) is 0 Å². The Morgan fingerprint density at radius 3 is 1.02 bits per heavy atom. The number of aliphatic hydroxyl groups excluding tert-OH is 4. The molecule has 3 saturated heterocycles. The standard InChI is InChI=1S/C10H18N2.C10H14N2.4C5H6O3.2H2NO3.2Sm/c2*1-3-7-11-9(5-1)10-6-2-4-8-12-10;4*6-5(7)4-2-1-3-8-4;2*2-1(3)4;;/h9-10H,1-8H2;1,3,5,10H,2,4,6-8H2;4*1-3,5-7H;2*(H2,2,3,4);;/q2*-2;;;;;2*+1;;. The molecule has 0 saturated carbocycles. The van der Waals surface area contributed by atoms with Crippen molar-refractivity contribution in [2.45, 2.75) is 101 Å². The Bertz CT molecular complexity index is 1540. The fourth-order valence-electron chi connectivity index (χ4n) is 5.69. The number of allylic oxidation sites excluding steroid dienone is 2. The Balaban J connectivity index is 0. The number of rotatable bonds is 6. The Kier molecular flexibility index (Phi) is 40.5. The van der Waals surface area contributed by atoms with Crippen molar-refractivity contribution in [2.75, 3.05) is 26.2 Å². The van der Waals surface area contributed by atoms with Gasteiger partial charge in [-0.2, -0.15) is 17.8 Å². The summed E-state index contributed by atoms with van der Waals surface area (Å²) in [6, 6.07) is 13.9. The Morgan fingerprint density at radius 2 is 0.818 bits per heavy atom. The largest absolute Gasteiger partial charge is 0.686 e. The quantitative estimate of drug-likeness (QED) is 0.0811. The smallest absolute Gasteiger partial charge is 0.472 e. The molecule has 4 aliphatic heterocycles. The van der Waals surface area contributed by atoms with Gasteiger partial charge in [0.15, 0.2) is 23.0 Å². The second kappa shape index (κ2) is 41.0. The summed E-state index contributed by atoms with van der Waals surface area (Å²) in [5, 5.41) is 110. The second-order valence-corrected chi connectivity index (χ2v) is 13.3. The topological polar surface area (TPSA) is 392 Å². The van der Waals surface area contributed by atoms with Crippen LogP contribution in [0.2, 0.25) is 0 Å². The molecule has 0 aromatic carbocycles. The minimum absolute atomic E-state index is 0. The van der Waals surface area contributed by atoms with Gasteiger partial charge in [-0.05, 0) is 48.5 Å². The van der Waals surface area contributed by atoms with E-state index < -0.39 is 35.3 Å². The van der Waals surface area contributed by atoms with Gasteiger partial charge in [-0.3, -0.25) is 0 Å². The van der Waals surface area contributed by atoms with Crippen molar-refractivity contribution in [3.05, 3.63) is 152 Å². The Labute approximate surface area is 445 Å². The predicted octanol–water partition coefficient (Wildman–Crippen LogP) is 5.72. The molecule has 0 spiro atoms. The van der Waals surface area contributed by atoms with Gasteiger partial charge in [0, 0.05) is 80.8 Å². The van der Waals surface area contributed by atoms with E-state index in [-0.39, 0.29) is 104 Å². The molecule has 12 N–H and O–H groups in total. The number of hydrogen-bond donors (Lipinski definition) is 12. The summed E-state index contributed by atoms with van der Waals surface area (Å²) in [5.74, 6) is 0.685. The average molecular weight is 1210 g/mol. The second-order valence-electron chi connectivity index (χ2n) is 13.3. The zero-order valence-corrected chi connectivity index (χ0v) is 40.9. The van der Waals surface area contributed by atoms with Crippen LogP contribution in [0.4, 0.5) is 0 Å². The molecule has 8 heterocycles. The molecule has 372 valence electrons. The minimum atomic E-state index is -1.48. The van der Waals surface area contributed by atoms with Crippen molar-refractivity contribution in [1.29, 1.82) is 0 Å². The van der Waals surface area contributed by atoms with Crippen molar-refractivity contribution in [1.82, 2.24) is 0 Å². The summed E-state index contributed by atoms with van der Waals surface area (Å²) in [7, 11) is 0. The summed E-state index contributed by atoms with van der Waals surface area (Å²) in [4.78, 5) is 16.9. The van der Waals surface area contributed by atoms with E-state index >= 15 is 0 Å². The number of furan rings is 4. The summed E-state index contributed by atoms with van der Waals surface area (Å²) >= 11 is 0. The number of piperidine rings is 3. The normalized spacial score (nSPS) is 18.0. The zero-order valence-electron chi connectivity index (χ0n) is 35.7. The maximum Gasteiger partial charge on any atom is 0.472 e. The fraction of sp³-hybridized carbons (Fsp3) is 0.500. The van der Waals surface area contributed by atoms with Crippen molar-refractivity contribution >= 4 is 0 Å². The van der Waals surface area contributed by atoms with Crippen LogP contribution in [-0.2, 0) is 0 Å². The molecule has 0 bridgehead atoms. The molecular formula is C40H60N6O18Sm2-2. The van der Waals surface area contributed by atoms with E-state index in [9.17, 15) is 0 Å². The molecule has 3 unspecified atom stereocenters. The Hall–Kier alpha value is -2.96. The third kappa shape index (κ3) is 33.5.